The van der Waals surface area contributed by atoms with Gasteiger partial charge in [-0.3, -0.25) is 4.79 Å². The predicted octanol–water partition coefficient (Wildman–Crippen LogP) is 2.99. The van der Waals surface area contributed by atoms with Crippen LogP contribution in [0.1, 0.15) is 11.1 Å². The fourth-order valence-corrected chi connectivity index (χ4v) is 1.60. The molecular formula is C11H11BrNO. The number of benzene rings is 1. The molecule has 2 aromatic rings. The highest BCUT2D eigenvalue weighted by atomic mass is 79.9. The van der Waals surface area contributed by atoms with Crippen LogP contribution in [0.2, 0.25) is 0 Å². The molecule has 2 nitrogen and oxygen atoms in total. The van der Waals surface area contributed by atoms with Crippen molar-refractivity contribution in [3.8, 4) is 0 Å². The molecule has 0 atom stereocenters. The number of aryl methyl sites for hydroxylation is 2. The molecule has 1 aromatic carbocycles. The van der Waals surface area contributed by atoms with Crippen molar-refractivity contribution in [2.24, 2.45) is 0 Å². The molecule has 3 heteroatoms. The summed E-state index contributed by atoms with van der Waals surface area (Å²) in [6, 6.07) is 7.65. The molecule has 14 heavy (non-hydrogen) atoms. The van der Waals surface area contributed by atoms with Gasteiger partial charge in [0, 0.05) is 28.4 Å². The summed E-state index contributed by atoms with van der Waals surface area (Å²) in [7, 11) is 0. The van der Waals surface area contributed by atoms with Crippen LogP contribution in [0, 0.1) is 13.8 Å². The van der Waals surface area contributed by atoms with Crippen molar-refractivity contribution in [3.05, 3.63) is 45.7 Å². The first-order valence-electron chi connectivity index (χ1n) is 4.28. The molecular weight excluding hydrogens is 242 g/mol. The van der Waals surface area contributed by atoms with Gasteiger partial charge in [0.1, 0.15) is 0 Å². The lowest BCUT2D eigenvalue weighted by Crippen LogP contribution is -2.05. The summed E-state index contributed by atoms with van der Waals surface area (Å²) in [6.45, 7) is 3.95. The largest absolute Gasteiger partial charge is 0.322 e. The van der Waals surface area contributed by atoms with Gasteiger partial charge in [-0.15, -0.1) is 0 Å². The standard InChI is InChI=1S/C11H11NO.Br/c1-7-4-3-5-9-8(2)6-10(13)12-11(7)9;/h3-6H,1-2H3,(H,12,13);. The first-order chi connectivity index (χ1) is 6.18. The summed E-state index contributed by atoms with van der Waals surface area (Å²) in [5.74, 6) is 0. The van der Waals surface area contributed by atoms with Crippen LogP contribution in [0.25, 0.3) is 10.9 Å². The van der Waals surface area contributed by atoms with E-state index in [0.717, 1.165) is 22.0 Å². The van der Waals surface area contributed by atoms with Crippen LogP contribution in [-0.4, -0.2) is 4.98 Å². The van der Waals surface area contributed by atoms with Gasteiger partial charge in [-0.2, -0.15) is 0 Å². The molecule has 0 aliphatic heterocycles. The smallest absolute Gasteiger partial charge is 0.248 e. The minimum Gasteiger partial charge on any atom is -0.322 e. The Hall–Kier alpha value is -1.09. The van der Waals surface area contributed by atoms with E-state index in [2.05, 4.69) is 4.98 Å². The average molecular weight is 253 g/mol. The molecule has 0 unspecified atom stereocenters. The third-order valence-corrected chi connectivity index (χ3v) is 2.29. The van der Waals surface area contributed by atoms with E-state index in [0.29, 0.717) is 0 Å². The first-order valence-corrected chi connectivity index (χ1v) is 4.28. The third kappa shape index (κ3) is 1.73. The van der Waals surface area contributed by atoms with Crippen molar-refractivity contribution >= 4 is 27.9 Å². The maximum atomic E-state index is 11.2. The van der Waals surface area contributed by atoms with Crippen molar-refractivity contribution in [2.45, 2.75) is 13.8 Å². The topological polar surface area (TPSA) is 32.9 Å². The van der Waals surface area contributed by atoms with Crippen molar-refractivity contribution in [1.82, 2.24) is 4.98 Å². The second-order valence-corrected chi connectivity index (χ2v) is 3.31. The number of para-hydroxylation sites is 1. The van der Waals surface area contributed by atoms with Crippen LogP contribution < -0.4 is 5.56 Å². The van der Waals surface area contributed by atoms with E-state index in [9.17, 15) is 4.79 Å². The maximum absolute atomic E-state index is 11.2. The Morgan fingerprint density at radius 2 is 1.86 bits per heavy atom. The Balaban J connectivity index is 0.000000980. The van der Waals surface area contributed by atoms with Crippen molar-refractivity contribution in [2.75, 3.05) is 0 Å². The average Bonchev–Trinajstić information content (AvgIpc) is 2.07. The number of fused-ring (bicyclic) bond motifs is 1. The van der Waals surface area contributed by atoms with Gasteiger partial charge in [-0.1, -0.05) is 18.2 Å². The first kappa shape index (κ1) is 11.0. The number of halogens is 1. The van der Waals surface area contributed by atoms with E-state index >= 15 is 0 Å². The normalized spacial score (nSPS) is 9.86. The molecule has 0 amide bonds. The summed E-state index contributed by atoms with van der Waals surface area (Å²) in [4.78, 5) is 14.0. The zero-order chi connectivity index (χ0) is 9.42. The second-order valence-electron chi connectivity index (χ2n) is 3.31. The Morgan fingerprint density at radius 1 is 1.14 bits per heavy atom. The number of aromatic nitrogens is 1. The number of nitrogens with one attached hydrogen (secondary N) is 1. The van der Waals surface area contributed by atoms with E-state index in [1.54, 1.807) is 6.07 Å². The van der Waals surface area contributed by atoms with Crippen molar-refractivity contribution in [3.63, 3.8) is 0 Å². The van der Waals surface area contributed by atoms with Crippen LogP contribution in [-0.2, 0) is 0 Å². The van der Waals surface area contributed by atoms with Gasteiger partial charge in [-0.25, -0.2) is 0 Å². The minimum atomic E-state index is -0.0284. The van der Waals surface area contributed by atoms with Crippen LogP contribution in [0.15, 0.2) is 29.1 Å². The van der Waals surface area contributed by atoms with Gasteiger partial charge in [-0.05, 0) is 25.0 Å². The monoisotopic (exact) mass is 252 g/mol. The zero-order valence-corrected chi connectivity index (χ0v) is 9.68. The van der Waals surface area contributed by atoms with Gasteiger partial charge in [0.25, 0.3) is 0 Å². The number of hydrogen-bond donors (Lipinski definition) is 1. The summed E-state index contributed by atoms with van der Waals surface area (Å²) >= 11 is 0. The summed E-state index contributed by atoms with van der Waals surface area (Å²) in [5.41, 5.74) is 3.06. The number of aromatic amines is 1. The van der Waals surface area contributed by atoms with E-state index in [1.165, 1.54) is 0 Å². The molecule has 0 spiro atoms. The summed E-state index contributed by atoms with van der Waals surface area (Å²) in [6.07, 6.45) is 0. The molecule has 0 bridgehead atoms. The fourth-order valence-electron chi connectivity index (χ4n) is 1.60. The van der Waals surface area contributed by atoms with Gasteiger partial charge >= 0.3 is 0 Å². The molecule has 0 saturated carbocycles. The number of pyridine rings is 1. The molecule has 0 fully saturated rings. The third-order valence-electron chi connectivity index (χ3n) is 2.29. The predicted molar refractivity (Wildman–Crippen MR) is 63.0 cm³/mol. The fraction of sp³-hybridized carbons (Fsp3) is 0.182. The van der Waals surface area contributed by atoms with Crippen molar-refractivity contribution in [1.29, 1.82) is 0 Å². The van der Waals surface area contributed by atoms with E-state index in [1.807, 2.05) is 32.0 Å². The van der Waals surface area contributed by atoms with E-state index in [4.69, 9.17) is 0 Å². The SMILES string of the molecule is Cc1cc(=O)[nH]c2c(C)cccc12.[Br]. The lowest BCUT2D eigenvalue weighted by atomic mass is 10.1. The Bertz CT molecular complexity index is 516. The number of rotatable bonds is 0. The second kappa shape index (κ2) is 3.96. The molecule has 0 aliphatic rings. The van der Waals surface area contributed by atoms with Crippen molar-refractivity contribution < 1.29 is 0 Å². The van der Waals surface area contributed by atoms with Crippen LogP contribution in [0.3, 0.4) is 0 Å². The van der Waals surface area contributed by atoms with E-state index in [-0.39, 0.29) is 22.5 Å². The quantitative estimate of drug-likeness (QED) is 0.769. The minimum absolute atomic E-state index is 0. The zero-order valence-electron chi connectivity index (χ0n) is 8.10. The molecule has 1 aromatic heterocycles. The Kier molecular flexibility index (Phi) is 3.11. The molecule has 1 N–H and O–H groups in total. The lowest BCUT2D eigenvalue weighted by Gasteiger charge is -2.03. The van der Waals surface area contributed by atoms with E-state index < -0.39 is 0 Å². The molecule has 0 saturated heterocycles. The Labute approximate surface area is 92.7 Å². The lowest BCUT2D eigenvalue weighted by molar-refractivity contribution is 1.26. The summed E-state index contributed by atoms with van der Waals surface area (Å²) in [5, 5.41) is 1.12. The maximum Gasteiger partial charge on any atom is 0.248 e. The molecule has 1 heterocycles. The number of hydrogen-bond acceptors (Lipinski definition) is 1. The van der Waals surface area contributed by atoms with Gasteiger partial charge < -0.3 is 4.98 Å². The highest BCUT2D eigenvalue weighted by Gasteiger charge is 2.00. The highest BCUT2D eigenvalue weighted by molar-refractivity contribution is 8.93. The number of H-pyrrole nitrogens is 1. The molecule has 1 radical (unpaired) electrons. The highest BCUT2D eigenvalue weighted by Crippen LogP contribution is 2.16. The van der Waals surface area contributed by atoms with Gasteiger partial charge in [0.2, 0.25) is 5.56 Å². The molecule has 2 rings (SSSR count). The van der Waals surface area contributed by atoms with Gasteiger partial charge in [0.05, 0.1) is 5.52 Å². The molecule has 73 valence electrons. The van der Waals surface area contributed by atoms with Crippen LogP contribution in [0.5, 0.6) is 0 Å². The Morgan fingerprint density at radius 3 is 2.57 bits per heavy atom. The van der Waals surface area contributed by atoms with Crippen LogP contribution >= 0.6 is 17.0 Å². The van der Waals surface area contributed by atoms with Gasteiger partial charge in [0.15, 0.2) is 0 Å². The molecule has 0 aliphatic carbocycles. The summed E-state index contributed by atoms with van der Waals surface area (Å²) < 4.78 is 0. The van der Waals surface area contributed by atoms with Crippen LogP contribution in [0.4, 0.5) is 0 Å².